The summed E-state index contributed by atoms with van der Waals surface area (Å²) in [6.07, 6.45) is 0.996. The Kier molecular flexibility index (Phi) is 5.52. The molecule has 0 aliphatic carbocycles. The quantitative estimate of drug-likeness (QED) is 0.802. The van der Waals surface area contributed by atoms with Crippen LogP contribution in [0.5, 0.6) is 0 Å². The molecular formula is C19H20Cl2N2O2. The van der Waals surface area contributed by atoms with Crippen LogP contribution in [0, 0.1) is 0 Å². The van der Waals surface area contributed by atoms with E-state index in [1.807, 2.05) is 42.5 Å². The van der Waals surface area contributed by atoms with Gasteiger partial charge in [0.1, 0.15) is 5.54 Å². The molecule has 4 nitrogen and oxygen atoms in total. The molecule has 0 aromatic heterocycles. The van der Waals surface area contributed by atoms with E-state index >= 15 is 0 Å². The number of nitrogens with one attached hydrogen (secondary N) is 1. The van der Waals surface area contributed by atoms with Crippen LogP contribution in [0.1, 0.15) is 18.4 Å². The van der Waals surface area contributed by atoms with Crippen LogP contribution >= 0.6 is 23.2 Å². The van der Waals surface area contributed by atoms with E-state index in [0.29, 0.717) is 36.6 Å². The van der Waals surface area contributed by atoms with Crippen LogP contribution in [-0.4, -0.2) is 34.6 Å². The van der Waals surface area contributed by atoms with Crippen LogP contribution in [0.2, 0.25) is 10.0 Å². The minimum Gasteiger partial charge on any atom is -0.480 e. The summed E-state index contributed by atoms with van der Waals surface area (Å²) in [7, 11) is 0. The molecule has 1 heterocycles. The van der Waals surface area contributed by atoms with E-state index in [1.165, 1.54) is 0 Å². The van der Waals surface area contributed by atoms with Gasteiger partial charge in [-0.1, -0.05) is 53.5 Å². The van der Waals surface area contributed by atoms with Crippen molar-refractivity contribution in [3.8, 4) is 0 Å². The van der Waals surface area contributed by atoms with Crippen molar-refractivity contribution in [1.29, 1.82) is 0 Å². The van der Waals surface area contributed by atoms with Crippen molar-refractivity contribution >= 4 is 34.9 Å². The molecule has 0 radical (unpaired) electrons. The zero-order valence-electron chi connectivity index (χ0n) is 13.7. The Morgan fingerprint density at radius 1 is 1.04 bits per heavy atom. The first-order chi connectivity index (χ1) is 12.0. The molecule has 2 N–H and O–H groups in total. The van der Waals surface area contributed by atoms with E-state index in [0.717, 1.165) is 17.1 Å². The average Bonchev–Trinajstić information content (AvgIpc) is 2.60. The van der Waals surface area contributed by atoms with Crippen LogP contribution in [0.4, 0.5) is 5.69 Å². The second-order valence-electron chi connectivity index (χ2n) is 6.36. The number of carboxylic acids is 1. The fourth-order valence-corrected chi connectivity index (χ4v) is 3.55. The van der Waals surface area contributed by atoms with Gasteiger partial charge in [0, 0.05) is 24.7 Å². The molecule has 132 valence electrons. The number of rotatable bonds is 5. The highest BCUT2D eigenvalue weighted by Crippen LogP contribution is 2.32. The normalized spacial score (nSPS) is 17.2. The van der Waals surface area contributed by atoms with Gasteiger partial charge in [-0.2, -0.15) is 0 Å². The average molecular weight is 379 g/mol. The summed E-state index contributed by atoms with van der Waals surface area (Å²) in [6, 6.07) is 15.0. The first-order valence-corrected chi connectivity index (χ1v) is 8.98. The Labute approximate surface area is 157 Å². The van der Waals surface area contributed by atoms with Gasteiger partial charge in [0.2, 0.25) is 0 Å². The zero-order valence-corrected chi connectivity index (χ0v) is 15.2. The number of likely N-dealkylation sites (tertiary alicyclic amines) is 1. The molecule has 0 amide bonds. The molecule has 0 spiro atoms. The molecule has 1 aliphatic rings. The SMILES string of the molecule is O=C(O)C1(Nc2ccccc2Cl)CCN(Cc2ccccc2Cl)CC1. The van der Waals surface area contributed by atoms with Gasteiger partial charge >= 0.3 is 5.97 Å². The van der Waals surface area contributed by atoms with Gasteiger partial charge in [0.05, 0.1) is 10.7 Å². The summed E-state index contributed by atoms with van der Waals surface area (Å²) in [4.78, 5) is 14.2. The second kappa shape index (κ2) is 7.65. The van der Waals surface area contributed by atoms with Crippen molar-refractivity contribution in [3.63, 3.8) is 0 Å². The Morgan fingerprint density at radius 2 is 1.64 bits per heavy atom. The molecule has 1 aliphatic heterocycles. The monoisotopic (exact) mass is 378 g/mol. The van der Waals surface area contributed by atoms with E-state index in [9.17, 15) is 9.90 Å². The van der Waals surface area contributed by atoms with Gasteiger partial charge < -0.3 is 10.4 Å². The third-order valence-corrected chi connectivity index (χ3v) is 5.42. The third-order valence-electron chi connectivity index (χ3n) is 4.72. The number of hydrogen-bond acceptors (Lipinski definition) is 3. The summed E-state index contributed by atoms with van der Waals surface area (Å²) in [5.74, 6) is -0.843. The minimum atomic E-state index is -0.998. The van der Waals surface area contributed by atoms with E-state index in [4.69, 9.17) is 23.2 Å². The maximum atomic E-state index is 12.0. The topological polar surface area (TPSA) is 52.6 Å². The second-order valence-corrected chi connectivity index (χ2v) is 7.17. The van der Waals surface area contributed by atoms with Crippen LogP contribution in [0.15, 0.2) is 48.5 Å². The largest absolute Gasteiger partial charge is 0.480 e. The van der Waals surface area contributed by atoms with E-state index in [2.05, 4.69) is 10.2 Å². The third kappa shape index (κ3) is 4.09. The number of para-hydroxylation sites is 1. The van der Waals surface area contributed by atoms with Gasteiger partial charge in [0.15, 0.2) is 0 Å². The fourth-order valence-electron chi connectivity index (χ4n) is 3.17. The molecule has 0 bridgehead atoms. The summed E-state index contributed by atoms with van der Waals surface area (Å²) < 4.78 is 0. The lowest BCUT2D eigenvalue weighted by Crippen LogP contribution is -2.54. The first-order valence-electron chi connectivity index (χ1n) is 8.22. The van der Waals surface area contributed by atoms with Gasteiger partial charge in [-0.25, -0.2) is 4.79 Å². The molecule has 2 aromatic rings. The smallest absolute Gasteiger partial charge is 0.329 e. The fraction of sp³-hybridized carbons (Fsp3) is 0.316. The highest BCUT2D eigenvalue weighted by Gasteiger charge is 2.41. The summed E-state index contributed by atoms with van der Waals surface area (Å²) in [5, 5.41) is 14.3. The van der Waals surface area contributed by atoms with Gasteiger partial charge in [-0.05, 0) is 36.6 Å². The Morgan fingerprint density at radius 3 is 2.24 bits per heavy atom. The molecule has 0 atom stereocenters. The highest BCUT2D eigenvalue weighted by atomic mass is 35.5. The van der Waals surface area contributed by atoms with E-state index in [-0.39, 0.29) is 0 Å². The minimum absolute atomic E-state index is 0.498. The van der Waals surface area contributed by atoms with Crippen molar-refractivity contribution in [2.75, 3.05) is 18.4 Å². The molecular weight excluding hydrogens is 359 g/mol. The van der Waals surface area contributed by atoms with Gasteiger partial charge in [0.25, 0.3) is 0 Å². The lowest BCUT2D eigenvalue weighted by Gasteiger charge is -2.40. The van der Waals surface area contributed by atoms with E-state index < -0.39 is 11.5 Å². The van der Waals surface area contributed by atoms with Crippen LogP contribution in [0.3, 0.4) is 0 Å². The zero-order chi connectivity index (χ0) is 17.9. The number of carbonyl (C=O) groups is 1. The van der Waals surface area contributed by atoms with Crippen molar-refractivity contribution in [1.82, 2.24) is 4.90 Å². The first kappa shape index (κ1) is 18.1. The molecule has 0 saturated carbocycles. The summed E-state index contributed by atoms with van der Waals surface area (Å²) >= 11 is 12.4. The number of benzene rings is 2. The molecule has 1 saturated heterocycles. The van der Waals surface area contributed by atoms with Crippen LogP contribution in [0.25, 0.3) is 0 Å². The summed E-state index contributed by atoms with van der Waals surface area (Å²) in [5.41, 5.74) is 0.722. The molecule has 6 heteroatoms. The number of carboxylic acid groups (broad SMARTS) is 1. The number of anilines is 1. The van der Waals surface area contributed by atoms with Gasteiger partial charge in [-0.15, -0.1) is 0 Å². The number of halogens is 2. The standard InChI is InChI=1S/C19H20Cl2N2O2/c20-15-6-2-1-5-14(15)13-23-11-9-19(10-12-23,18(24)25)22-17-8-4-3-7-16(17)21/h1-8,22H,9-13H2,(H,24,25). The number of piperidine rings is 1. The summed E-state index contributed by atoms with van der Waals surface area (Å²) in [6.45, 7) is 2.07. The van der Waals surface area contributed by atoms with Crippen molar-refractivity contribution < 1.29 is 9.90 Å². The Bertz CT molecular complexity index is 759. The van der Waals surface area contributed by atoms with Crippen molar-refractivity contribution in [2.45, 2.75) is 24.9 Å². The van der Waals surface area contributed by atoms with Crippen molar-refractivity contribution in [3.05, 3.63) is 64.1 Å². The van der Waals surface area contributed by atoms with Crippen LogP contribution < -0.4 is 5.32 Å². The lowest BCUT2D eigenvalue weighted by atomic mass is 9.87. The van der Waals surface area contributed by atoms with E-state index in [1.54, 1.807) is 6.07 Å². The Balaban J connectivity index is 1.70. The number of aliphatic carboxylic acids is 1. The molecule has 1 fully saturated rings. The molecule has 3 rings (SSSR count). The Hall–Kier alpha value is -1.75. The van der Waals surface area contributed by atoms with Crippen LogP contribution in [-0.2, 0) is 11.3 Å². The van der Waals surface area contributed by atoms with Gasteiger partial charge in [-0.3, -0.25) is 4.90 Å². The molecule has 25 heavy (non-hydrogen) atoms. The highest BCUT2D eigenvalue weighted by molar-refractivity contribution is 6.33. The predicted molar refractivity (Wildman–Crippen MR) is 101 cm³/mol. The predicted octanol–water partition coefficient (Wildman–Crippen LogP) is 4.52. The van der Waals surface area contributed by atoms with Crippen molar-refractivity contribution in [2.24, 2.45) is 0 Å². The number of nitrogens with zero attached hydrogens (tertiary/aromatic N) is 1. The maximum absolute atomic E-state index is 12.0. The molecule has 0 unspecified atom stereocenters. The number of hydrogen-bond donors (Lipinski definition) is 2. The lowest BCUT2D eigenvalue weighted by molar-refractivity contribution is -0.144. The maximum Gasteiger partial charge on any atom is 0.329 e. The molecule has 2 aromatic carbocycles.